The number of halogens is 1. The zero-order chi connectivity index (χ0) is 15.6. The van der Waals surface area contributed by atoms with Gasteiger partial charge in [0.25, 0.3) is 5.91 Å². The molecule has 0 aliphatic carbocycles. The number of sulfonamides is 1. The lowest BCUT2D eigenvalue weighted by Gasteiger charge is -2.15. The number of hydrogen-bond donors (Lipinski definition) is 2. The normalized spacial score (nSPS) is 12.9. The lowest BCUT2D eigenvalue weighted by atomic mass is 10.1. The maximum Gasteiger partial charge on any atom is 0.252 e. The van der Waals surface area contributed by atoms with Crippen molar-refractivity contribution in [1.29, 1.82) is 0 Å². The molecule has 1 atom stereocenters. The van der Waals surface area contributed by atoms with Gasteiger partial charge in [-0.3, -0.25) is 4.79 Å². The maximum absolute atomic E-state index is 12.1. The first-order chi connectivity index (χ1) is 9.79. The number of amides is 1. The van der Waals surface area contributed by atoms with Crippen LogP contribution in [0, 0.1) is 0 Å². The molecule has 21 heavy (non-hydrogen) atoms. The SMILES string of the molecule is CC(NC(=O)c1csc(S(N)(=O)=O)c1)c1ccccc1Br. The molecule has 2 rings (SSSR count). The van der Waals surface area contributed by atoms with Crippen LogP contribution in [-0.2, 0) is 10.0 Å². The van der Waals surface area contributed by atoms with Crippen molar-refractivity contribution in [1.82, 2.24) is 5.32 Å². The van der Waals surface area contributed by atoms with E-state index in [-0.39, 0.29) is 21.7 Å². The average Bonchev–Trinajstić information content (AvgIpc) is 2.88. The van der Waals surface area contributed by atoms with E-state index in [0.29, 0.717) is 0 Å². The van der Waals surface area contributed by atoms with Gasteiger partial charge in [-0.1, -0.05) is 34.1 Å². The van der Waals surface area contributed by atoms with Crippen LogP contribution < -0.4 is 10.5 Å². The Morgan fingerprint density at radius 1 is 1.38 bits per heavy atom. The van der Waals surface area contributed by atoms with Crippen molar-refractivity contribution in [3.63, 3.8) is 0 Å². The third kappa shape index (κ3) is 3.91. The molecule has 8 heteroatoms. The summed E-state index contributed by atoms with van der Waals surface area (Å²) in [5.74, 6) is -0.343. The van der Waals surface area contributed by atoms with Crippen molar-refractivity contribution in [2.24, 2.45) is 5.14 Å². The quantitative estimate of drug-likeness (QED) is 0.843. The van der Waals surface area contributed by atoms with E-state index >= 15 is 0 Å². The van der Waals surface area contributed by atoms with Crippen LogP contribution in [0.1, 0.15) is 28.9 Å². The van der Waals surface area contributed by atoms with E-state index in [0.717, 1.165) is 21.4 Å². The van der Waals surface area contributed by atoms with Crippen LogP contribution in [0.3, 0.4) is 0 Å². The van der Waals surface area contributed by atoms with Crippen molar-refractivity contribution in [2.45, 2.75) is 17.2 Å². The largest absolute Gasteiger partial charge is 0.345 e. The summed E-state index contributed by atoms with van der Waals surface area (Å²) in [6, 6.07) is 8.62. The van der Waals surface area contributed by atoms with Crippen LogP contribution in [0.15, 0.2) is 44.4 Å². The third-order valence-electron chi connectivity index (χ3n) is 2.84. The summed E-state index contributed by atoms with van der Waals surface area (Å²) in [6.45, 7) is 1.85. The summed E-state index contributed by atoms with van der Waals surface area (Å²) < 4.78 is 23.3. The number of hydrogen-bond acceptors (Lipinski definition) is 4. The molecular weight excluding hydrogens is 376 g/mol. The molecule has 0 bridgehead atoms. The van der Waals surface area contributed by atoms with E-state index in [4.69, 9.17) is 5.14 Å². The van der Waals surface area contributed by atoms with Crippen molar-refractivity contribution in [2.75, 3.05) is 0 Å². The van der Waals surface area contributed by atoms with Gasteiger partial charge in [0, 0.05) is 9.85 Å². The van der Waals surface area contributed by atoms with Gasteiger partial charge in [0.1, 0.15) is 4.21 Å². The average molecular weight is 389 g/mol. The van der Waals surface area contributed by atoms with Crippen molar-refractivity contribution in [3.05, 3.63) is 51.3 Å². The molecule has 0 saturated carbocycles. The van der Waals surface area contributed by atoms with Crippen LogP contribution in [0.2, 0.25) is 0 Å². The first kappa shape index (κ1) is 16.2. The van der Waals surface area contributed by atoms with Gasteiger partial charge in [0.2, 0.25) is 10.0 Å². The summed E-state index contributed by atoms with van der Waals surface area (Å²) in [6.07, 6.45) is 0. The van der Waals surface area contributed by atoms with Crippen LogP contribution in [0.4, 0.5) is 0 Å². The number of primary sulfonamides is 1. The number of nitrogens with one attached hydrogen (secondary N) is 1. The van der Waals surface area contributed by atoms with Crippen LogP contribution in [0.5, 0.6) is 0 Å². The molecule has 1 aromatic carbocycles. The van der Waals surface area contributed by atoms with Gasteiger partial charge in [-0.15, -0.1) is 11.3 Å². The van der Waals surface area contributed by atoms with Gasteiger partial charge in [-0.2, -0.15) is 0 Å². The third-order valence-corrected chi connectivity index (χ3v) is 5.95. The molecule has 0 saturated heterocycles. The number of carbonyl (C=O) groups excluding carboxylic acids is 1. The summed E-state index contributed by atoms with van der Waals surface area (Å²) in [5.41, 5.74) is 1.22. The topological polar surface area (TPSA) is 89.3 Å². The first-order valence-corrected chi connectivity index (χ1v) is 9.17. The Morgan fingerprint density at radius 3 is 2.62 bits per heavy atom. The highest BCUT2D eigenvalue weighted by atomic mass is 79.9. The summed E-state index contributed by atoms with van der Waals surface area (Å²) >= 11 is 4.36. The summed E-state index contributed by atoms with van der Waals surface area (Å²) in [5, 5.41) is 9.32. The molecule has 5 nitrogen and oxygen atoms in total. The molecule has 1 unspecified atom stereocenters. The predicted octanol–water partition coefficient (Wildman–Crippen LogP) is 2.65. The Balaban J connectivity index is 2.15. The van der Waals surface area contributed by atoms with E-state index in [1.165, 1.54) is 11.4 Å². The molecule has 112 valence electrons. The maximum atomic E-state index is 12.1. The number of benzene rings is 1. The lowest BCUT2D eigenvalue weighted by Crippen LogP contribution is -2.26. The Morgan fingerprint density at radius 2 is 2.05 bits per heavy atom. The minimum Gasteiger partial charge on any atom is -0.345 e. The number of nitrogens with two attached hydrogens (primary N) is 1. The molecule has 3 N–H and O–H groups in total. The predicted molar refractivity (Wildman–Crippen MR) is 85.7 cm³/mol. The van der Waals surface area contributed by atoms with Crippen LogP contribution in [-0.4, -0.2) is 14.3 Å². The van der Waals surface area contributed by atoms with Gasteiger partial charge in [0.15, 0.2) is 0 Å². The fourth-order valence-electron chi connectivity index (χ4n) is 1.77. The van der Waals surface area contributed by atoms with Crippen LogP contribution >= 0.6 is 27.3 Å². The van der Waals surface area contributed by atoms with Crippen molar-refractivity contribution >= 4 is 43.2 Å². The number of carbonyl (C=O) groups is 1. The van der Waals surface area contributed by atoms with Crippen LogP contribution in [0.25, 0.3) is 0 Å². The molecule has 1 amide bonds. The highest BCUT2D eigenvalue weighted by Crippen LogP contribution is 2.24. The molecule has 0 fully saturated rings. The van der Waals surface area contributed by atoms with E-state index in [1.54, 1.807) is 0 Å². The molecule has 0 aliphatic rings. The Labute approximate surface area is 135 Å². The number of rotatable bonds is 4. The minimum atomic E-state index is -3.77. The summed E-state index contributed by atoms with van der Waals surface area (Å²) in [7, 11) is -3.77. The highest BCUT2D eigenvalue weighted by molar-refractivity contribution is 9.10. The first-order valence-electron chi connectivity index (χ1n) is 5.95. The molecule has 0 spiro atoms. The van der Waals surface area contributed by atoms with Crippen molar-refractivity contribution < 1.29 is 13.2 Å². The van der Waals surface area contributed by atoms with Gasteiger partial charge in [0.05, 0.1) is 11.6 Å². The fraction of sp³-hybridized carbons (Fsp3) is 0.154. The number of thiophene rings is 1. The molecule has 0 aliphatic heterocycles. The fourth-order valence-corrected chi connectivity index (χ4v) is 3.98. The van der Waals surface area contributed by atoms with E-state index < -0.39 is 10.0 Å². The van der Waals surface area contributed by atoms with Gasteiger partial charge < -0.3 is 5.32 Å². The second kappa shape index (κ2) is 6.27. The zero-order valence-electron chi connectivity index (χ0n) is 11.0. The smallest absolute Gasteiger partial charge is 0.252 e. The molecule has 1 heterocycles. The molecule has 2 aromatic rings. The summed E-state index contributed by atoms with van der Waals surface area (Å²) in [4.78, 5) is 12.1. The molecule has 0 radical (unpaired) electrons. The van der Waals surface area contributed by atoms with Gasteiger partial charge in [-0.05, 0) is 24.6 Å². The molecule has 1 aromatic heterocycles. The molecular formula is C13H13BrN2O3S2. The Kier molecular flexibility index (Phi) is 4.82. The van der Waals surface area contributed by atoms with E-state index in [2.05, 4.69) is 21.2 Å². The monoisotopic (exact) mass is 388 g/mol. The Hall–Kier alpha value is -1.22. The van der Waals surface area contributed by atoms with Gasteiger partial charge >= 0.3 is 0 Å². The lowest BCUT2D eigenvalue weighted by molar-refractivity contribution is 0.0940. The van der Waals surface area contributed by atoms with Gasteiger partial charge in [-0.25, -0.2) is 13.6 Å². The van der Waals surface area contributed by atoms with Crippen molar-refractivity contribution in [3.8, 4) is 0 Å². The second-order valence-electron chi connectivity index (χ2n) is 4.42. The minimum absolute atomic E-state index is 0.0267. The van der Waals surface area contributed by atoms with E-state index in [1.807, 2.05) is 31.2 Å². The Bertz CT molecular complexity index is 771. The zero-order valence-corrected chi connectivity index (χ0v) is 14.3. The van der Waals surface area contributed by atoms with E-state index in [9.17, 15) is 13.2 Å². The highest BCUT2D eigenvalue weighted by Gasteiger charge is 2.17. The second-order valence-corrected chi connectivity index (χ2v) is 7.97. The standard InChI is InChI=1S/C13H13BrN2O3S2/c1-8(10-4-2-3-5-11(10)14)16-13(17)9-6-12(20-7-9)21(15,18)19/h2-8H,1H3,(H,16,17)(H2,15,18,19).